The number of anilines is 1. The zero-order valence-corrected chi connectivity index (χ0v) is 16.8. The van der Waals surface area contributed by atoms with Gasteiger partial charge in [0.25, 0.3) is 15.6 Å². The molecule has 27 heavy (non-hydrogen) atoms. The Labute approximate surface area is 166 Å². The first-order chi connectivity index (χ1) is 12.8. The summed E-state index contributed by atoms with van der Waals surface area (Å²) in [5.41, 5.74) is 0.372. The van der Waals surface area contributed by atoms with E-state index in [0.29, 0.717) is 18.0 Å². The maximum absolute atomic E-state index is 12.9. The van der Waals surface area contributed by atoms with Gasteiger partial charge in [0.15, 0.2) is 0 Å². The van der Waals surface area contributed by atoms with E-state index in [2.05, 4.69) is 0 Å². The van der Waals surface area contributed by atoms with Crippen LogP contribution in [0.1, 0.15) is 12.8 Å². The van der Waals surface area contributed by atoms with Gasteiger partial charge in [0.2, 0.25) is 0 Å². The van der Waals surface area contributed by atoms with Crippen LogP contribution in [0.25, 0.3) is 10.9 Å². The molecule has 0 saturated heterocycles. The van der Waals surface area contributed by atoms with Gasteiger partial charge in [-0.2, -0.15) is 4.20 Å². The molecule has 0 unspecified atom stereocenters. The third kappa shape index (κ3) is 3.03. The quantitative estimate of drug-likeness (QED) is 0.625. The molecule has 0 bridgehead atoms. The van der Waals surface area contributed by atoms with Crippen molar-refractivity contribution in [2.45, 2.75) is 24.3 Å². The van der Waals surface area contributed by atoms with Crippen molar-refractivity contribution in [1.82, 2.24) is 8.88 Å². The molecule has 4 rings (SSSR count). The summed E-state index contributed by atoms with van der Waals surface area (Å²) in [6.07, 6.45) is 2.21. The molecule has 1 fully saturated rings. The topological polar surface area (TPSA) is 64.3 Å². The summed E-state index contributed by atoms with van der Waals surface area (Å²) in [4.78, 5) is 12.8. The van der Waals surface area contributed by atoms with Crippen LogP contribution in [-0.2, 0) is 16.6 Å². The minimum absolute atomic E-state index is 0.0726. The van der Waals surface area contributed by atoms with Crippen LogP contribution < -0.4 is 9.86 Å². The molecule has 2 aromatic carbocycles. The minimum atomic E-state index is -3.81. The predicted octanol–water partition coefficient (Wildman–Crippen LogP) is 3.69. The van der Waals surface area contributed by atoms with E-state index in [0.717, 1.165) is 21.3 Å². The normalized spacial score (nSPS) is 14.6. The maximum atomic E-state index is 12.9. The zero-order chi connectivity index (χ0) is 19.3. The molecule has 1 aromatic heterocycles. The van der Waals surface area contributed by atoms with Crippen LogP contribution in [0.5, 0.6) is 0 Å². The van der Waals surface area contributed by atoms with Crippen molar-refractivity contribution in [3.63, 3.8) is 0 Å². The van der Waals surface area contributed by atoms with Crippen molar-refractivity contribution < 1.29 is 8.42 Å². The SMILES string of the molecule is CN(c1ccc2c(c1Cl)c(=O)n(Cl)n2CC1CC1)S(=O)(=O)c1ccccc1. The highest BCUT2D eigenvalue weighted by molar-refractivity contribution is 7.92. The number of aromatic nitrogens is 2. The molecule has 0 aliphatic heterocycles. The van der Waals surface area contributed by atoms with Crippen molar-refractivity contribution >= 4 is 50.0 Å². The number of fused-ring (bicyclic) bond motifs is 1. The van der Waals surface area contributed by atoms with E-state index in [9.17, 15) is 13.2 Å². The van der Waals surface area contributed by atoms with Crippen LogP contribution in [0.2, 0.25) is 5.02 Å². The summed E-state index contributed by atoms with van der Waals surface area (Å²) >= 11 is 12.7. The third-order valence-corrected chi connectivity index (χ3v) is 7.34. The molecule has 1 aliphatic rings. The first kappa shape index (κ1) is 18.4. The molecule has 6 nitrogen and oxygen atoms in total. The molecule has 0 spiro atoms. The Hall–Kier alpha value is -1.96. The number of nitrogens with zero attached hydrogens (tertiary/aromatic N) is 3. The largest absolute Gasteiger partial charge is 0.291 e. The number of hydrogen-bond donors (Lipinski definition) is 0. The molecule has 0 N–H and O–H groups in total. The second-order valence-corrected chi connectivity index (χ2v) is 9.34. The van der Waals surface area contributed by atoms with Crippen molar-refractivity contribution in [2.24, 2.45) is 5.92 Å². The lowest BCUT2D eigenvalue weighted by Crippen LogP contribution is -2.27. The van der Waals surface area contributed by atoms with Crippen LogP contribution in [0.15, 0.2) is 52.2 Å². The Bertz CT molecular complexity index is 1180. The predicted molar refractivity (Wildman–Crippen MR) is 107 cm³/mol. The van der Waals surface area contributed by atoms with Crippen LogP contribution in [0.3, 0.4) is 0 Å². The lowest BCUT2D eigenvalue weighted by Gasteiger charge is -2.21. The van der Waals surface area contributed by atoms with E-state index < -0.39 is 15.6 Å². The number of sulfonamides is 1. The third-order valence-electron chi connectivity index (χ3n) is 4.84. The van der Waals surface area contributed by atoms with E-state index in [-0.39, 0.29) is 21.0 Å². The van der Waals surface area contributed by atoms with Gasteiger partial charge < -0.3 is 0 Å². The van der Waals surface area contributed by atoms with Crippen LogP contribution in [-0.4, -0.2) is 24.3 Å². The molecule has 3 aromatic rings. The van der Waals surface area contributed by atoms with Crippen LogP contribution in [0.4, 0.5) is 5.69 Å². The number of halogens is 2. The van der Waals surface area contributed by atoms with Gasteiger partial charge in [0, 0.05) is 25.4 Å². The molecular weight excluding hydrogens is 409 g/mol. The average molecular weight is 426 g/mol. The molecule has 0 amide bonds. The number of benzene rings is 2. The number of rotatable bonds is 5. The molecule has 0 radical (unpaired) electrons. The Balaban J connectivity index is 1.85. The Morgan fingerprint density at radius 3 is 2.44 bits per heavy atom. The van der Waals surface area contributed by atoms with E-state index in [1.807, 2.05) is 0 Å². The zero-order valence-electron chi connectivity index (χ0n) is 14.5. The van der Waals surface area contributed by atoms with Gasteiger partial charge in [-0.15, -0.1) is 0 Å². The Morgan fingerprint density at radius 1 is 1.15 bits per heavy atom. The fourth-order valence-corrected chi connectivity index (χ4v) is 4.98. The second kappa shape index (κ2) is 6.58. The molecule has 142 valence electrons. The monoisotopic (exact) mass is 425 g/mol. The second-order valence-electron chi connectivity index (χ2n) is 6.67. The average Bonchev–Trinajstić information content (AvgIpc) is 3.45. The van der Waals surface area contributed by atoms with E-state index in [1.54, 1.807) is 35.0 Å². The minimum Gasteiger partial charge on any atom is -0.268 e. The standard InChI is InChI=1S/C18H17Cl2N3O3S/c1-21(27(25,26)13-5-3-2-4-6-13)15-10-9-14-16(17(15)19)18(24)23(20)22(14)11-12-7-8-12/h2-6,9-10,12H,7-8,11H2,1H3. The van der Waals surface area contributed by atoms with Crippen LogP contribution >= 0.6 is 23.4 Å². The summed E-state index contributed by atoms with van der Waals surface area (Å²) < 4.78 is 29.6. The van der Waals surface area contributed by atoms with Gasteiger partial charge in [-0.1, -0.05) is 29.8 Å². The summed E-state index contributed by atoms with van der Waals surface area (Å²) in [5, 5.41) is 0.295. The van der Waals surface area contributed by atoms with E-state index >= 15 is 0 Å². The first-order valence-electron chi connectivity index (χ1n) is 8.46. The summed E-state index contributed by atoms with van der Waals surface area (Å²) in [6.45, 7) is 0.635. The van der Waals surface area contributed by atoms with Crippen molar-refractivity contribution in [1.29, 1.82) is 0 Å². The van der Waals surface area contributed by atoms with Gasteiger partial charge in [-0.3, -0.25) is 13.8 Å². The van der Waals surface area contributed by atoms with Gasteiger partial charge in [-0.25, -0.2) is 8.42 Å². The Kier molecular flexibility index (Phi) is 4.49. The molecular formula is C18H17Cl2N3O3S. The fraction of sp³-hybridized carbons (Fsp3) is 0.278. The van der Waals surface area contributed by atoms with Gasteiger partial charge in [0.1, 0.15) is 0 Å². The van der Waals surface area contributed by atoms with Gasteiger partial charge >= 0.3 is 0 Å². The van der Waals surface area contributed by atoms with E-state index in [4.69, 9.17) is 23.4 Å². The summed E-state index contributed by atoms with van der Waals surface area (Å²) in [6, 6.07) is 11.3. The van der Waals surface area contributed by atoms with Crippen molar-refractivity contribution in [3.8, 4) is 0 Å². The maximum Gasteiger partial charge on any atom is 0.291 e. The highest BCUT2D eigenvalue weighted by atomic mass is 35.5. The first-order valence-corrected chi connectivity index (χ1v) is 10.6. The lowest BCUT2D eigenvalue weighted by atomic mass is 10.2. The molecule has 1 aliphatic carbocycles. The number of hydrogen-bond acceptors (Lipinski definition) is 3. The fourth-order valence-electron chi connectivity index (χ4n) is 3.11. The van der Waals surface area contributed by atoms with E-state index in [1.165, 1.54) is 19.2 Å². The Morgan fingerprint density at radius 2 is 1.81 bits per heavy atom. The molecule has 1 heterocycles. The molecule has 9 heteroatoms. The lowest BCUT2D eigenvalue weighted by molar-refractivity contribution is 0.551. The van der Waals surface area contributed by atoms with Crippen molar-refractivity contribution in [2.75, 3.05) is 11.4 Å². The molecule has 1 saturated carbocycles. The van der Waals surface area contributed by atoms with Gasteiger partial charge in [-0.05, 0) is 43.0 Å². The smallest absolute Gasteiger partial charge is 0.268 e. The van der Waals surface area contributed by atoms with Crippen molar-refractivity contribution in [3.05, 3.63) is 57.8 Å². The summed E-state index contributed by atoms with van der Waals surface area (Å²) in [7, 11) is -2.40. The van der Waals surface area contributed by atoms with Crippen LogP contribution in [0, 0.1) is 5.92 Å². The highest BCUT2D eigenvalue weighted by Crippen LogP contribution is 2.36. The molecule has 0 atom stereocenters. The summed E-state index contributed by atoms with van der Waals surface area (Å²) in [5.74, 6) is 0.504. The highest BCUT2D eigenvalue weighted by Gasteiger charge is 2.28. The van der Waals surface area contributed by atoms with Gasteiger partial charge in [0.05, 0.1) is 26.5 Å².